The van der Waals surface area contributed by atoms with E-state index in [2.05, 4.69) is 20.4 Å². The van der Waals surface area contributed by atoms with E-state index < -0.39 is 0 Å². The highest BCUT2D eigenvalue weighted by Crippen LogP contribution is 2.66. The normalized spacial score (nSPS) is 34.1. The molecule has 3 atom stereocenters. The van der Waals surface area contributed by atoms with Gasteiger partial charge in [0.2, 0.25) is 5.91 Å². The summed E-state index contributed by atoms with van der Waals surface area (Å²) in [4.78, 5) is 15.4. The highest BCUT2D eigenvalue weighted by atomic mass is 19.1. The van der Waals surface area contributed by atoms with Crippen molar-refractivity contribution in [3.8, 4) is 0 Å². The molecule has 0 N–H and O–H groups in total. The molecule has 1 aromatic carbocycles. The molecule has 2 nitrogen and oxygen atoms in total. The lowest BCUT2D eigenvalue weighted by Crippen LogP contribution is -2.43. The fraction of sp³-hybridized carbons (Fsp3) is 0.571. The van der Waals surface area contributed by atoms with E-state index in [9.17, 15) is 9.18 Å². The van der Waals surface area contributed by atoms with Crippen molar-refractivity contribution in [2.75, 3.05) is 13.1 Å². The van der Waals surface area contributed by atoms with Gasteiger partial charge in [0.1, 0.15) is 5.82 Å². The van der Waals surface area contributed by atoms with E-state index in [1.165, 1.54) is 12.1 Å². The summed E-state index contributed by atoms with van der Waals surface area (Å²) in [7, 11) is 0. The van der Waals surface area contributed by atoms with Crippen molar-refractivity contribution in [3.63, 3.8) is 0 Å². The number of carbonyl (C=O) groups excluding carboxylic acids is 1. The second-order valence-electron chi connectivity index (χ2n) is 8.51. The smallest absolute Gasteiger partial charge is 0.232 e. The van der Waals surface area contributed by atoms with Crippen molar-refractivity contribution in [3.05, 3.63) is 47.8 Å². The molecular weight excluding hydrogens is 301 g/mol. The molecule has 1 aromatic rings. The first kappa shape index (κ1) is 15.9. The molecule has 2 saturated carbocycles. The van der Waals surface area contributed by atoms with Gasteiger partial charge in [-0.2, -0.15) is 0 Å². The maximum atomic E-state index is 13.4. The quantitative estimate of drug-likeness (QED) is 0.731. The minimum Gasteiger partial charge on any atom is -0.341 e. The third-order valence-electron chi connectivity index (χ3n) is 7.12. The molecule has 3 fully saturated rings. The van der Waals surface area contributed by atoms with Crippen LogP contribution in [0.3, 0.4) is 0 Å². The van der Waals surface area contributed by atoms with Crippen molar-refractivity contribution in [1.82, 2.24) is 4.90 Å². The SMILES string of the molecule is C=C1C(C)(C)[C@H]2CC[C@]1(C(=O)N1CC[C@@H](c3ccc(F)cc3)C1)C2. The molecule has 0 spiro atoms. The van der Waals surface area contributed by atoms with Gasteiger partial charge in [0.05, 0.1) is 5.41 Å². The summed E-state index contributed by atoms with van der Waals surface area (Å²) in [5.74, 6) is 1.02. The van der Waals surface area contributed by atoms with Gasteiger partial charge in [-0.05, 0) is 54.7 Å². The number of likely N-dealkylation sites (tertiary alicyclic amines) is 1. The van der Waals surface area contributed by atoms with Crippen LogP contribution in [0, 0.1) is 22.6 Å². The third-order valence-corrected chi connectivity index (χ3v) is 7.12. The van der Waals surface area contributed by atoms with Crippen LogP contribution in [0.2, 0.25) is 0 Å². The van der Waals surface area contributed by atoms with Gasteiger partial charge in [-0.1, -0.05) is 38.1 Å². The maximum Gasteiger partial charge on any atom is 0.232 e. The van der Waals surface area contributed by atoms with Crippen LogP contribution in [0.5, 0.6) is 0 Å². The largest absolute Gasteiger partial charge is 0.341 e. The van der Waals surface area contributed by atoms with Crippen molar-refractivity contribution in [2.24, 2.45) is 16.7 Å². The average molecular weight is 327 g/mol. The zero-order valence-corrected chi connectivity index (χ0v) is 14.6. The van der Waals surface area contributed by atoms with Gasteiger partial charge >= 0.3 is 0 Å². The monoisotopic (exact) mass is 327 g/mol. The van der Waals surface area contributed by atoms with Crippen LogP contribution in [0.15, 0.2) is 36.4 Å². The summed E-state index contributed by atoms with van der Waals surface area (Å²) in [5.41, 5.74) is 2.07. The number of rotatable bonds is 2. The predicted octanol–water partition coefficient (Wildman–Crippen LogP) is 4.52. The average Bonchev–Trinajstić information content (AvgIpc) is 3.25. The lowest BCUT2D eigenvalue weighted by molar-refractivity contribution is -0.138. The van der Waals surface area contributed by atoms with Gasteiger partial charge < -0.3 is 4.90 Å². The van der Waals surface area contributed by atoms with Crippen molar-refractivity contribution >= 4 is 5.91 Å². The standard InChI is InChI=1S/C21H26FNO/c1-14-20(2,3)17-8-10-21(14,12-17)19(24)23-11-9-16(13-23)15-4-6-18(22)7-5-15/h4-7,16-17H,1,8-13H2,2-3H3/t16-,17+,21+/m1/s1. The van der Waals surface area contributed by atoms with Crippen LogP contribution in [-0.4, -0.2) is 23.9 Å². The van der Waals surface area contributed by atoms with Gasteiger partial charge in [-0.3, -0.25) is 4.79 Å². The van der Waals surface area contributed by atoms with E-state index in [1.54, 1.807) is 0 Å². The molecule has 1 saturated heterocycles. The first-order valence-corrected chi connectivity index (χ1v) is 9.09. The molecule has 3 heteroatoms. The van der Waals surface area contributed by atoms with E-state index >= 15 is 0 Å². The number of amides is 1. The Labute approximate surface area is 143 Å². The Kier molecular flexibility index (Phi) is 3.42. The number of nitrogens with zero attached hydrogens (tertiary/aromatic N) is 1. The molecule has 4 rings (SSSR count). The molecule has 1 amide bonds. The number of hydrogen-bond acceptors (Lipinski definition) is 1. The second-order valence-corrected chi connectivity index (χ2v) is 8.51. The summed E-state index contributed by atoms with van der Waals surface area (Å²) >= 11 is 0. The Balaban J connectivity index is 1.52. The van der Waals surface area contributed by atoms with Gasteiger partial charge in [-0.25, -0.2) is 4.39 Å². The molecular formula is C21H26FNO. The Hall–Kier alpha value is -1.64. The summed E-state index contributed by atoms with van der Waals surface area (Å²) < 4.78 is 13.1. The minimum absolute atomic E-state index is 0.0873. The van der Waals surface area contributed by atoms with E-state index in [1.807, 2.05) is 17.0 Å². The Bertz CT molecular complexity index is 692. The van der Waals surface area contributed by atoms with Crippen molar-refractivity contribution in [1.29, 1.82) is 0 Å². The summed E-state index contributed by atoms with van der Waals surface area (Å²) in [6.07, 6.45) is 4.06. The van der Waals surface area contributed by atoms with Crippen LogP contribution in [-0.2, 0) is 4.79 Å². The summed E-state index contributed by atoms with van der Waals surface area (Å²) in [6, 6.07) is 6.74. The van der Waals surface area contributed by atoms with Gasteiger partial charge in [0, 0.05) is 19.0 Å². The Morgan fingerprint density at radius 3 is 2.58 bits per heavy atom. The zero-order valence-electron chi connectivity index (χ0n) is 14.6. The van der Waals surface area contributed by atoms with Gasteiger partial charge in [0.15, 0.2) is 0 Å². The predicted molar refractivity (Wildman–Crippen MR) is 93.0 cm³/mol. The highest BCUT2D eigenvalue weighted by Gasteiger charge is 2.61. The number of hydrogen-bond donors (Lipinski definition) is 0. The number of halogens is 1. The van der Waals surface area contributed by atoms with Crippen LogP contribution in [0.1, 0.15) is 51.0 Å². The lowest BCUT2D eigenvalue weighted by atomic mass is 9.68. The fourth-order valence-corrected chi connectivity index (χ4v) is 5.38. The van der Waals surface area contributed by atoms with Crippen molar-refractivity contribution < 1.29 is 9.18 Å². The van der Waals surface area contributed by atoms with E-state index in [-0.39, 0.29) is 16.6 Å². The Morgan fingerprint density at radius 2 is 1.96 bits per heavy atom. The number of benzene rings is 1. The van der Waals surface area contributed by atoms with Crippen LogP contribution >= 0.6 is 0 Å². The molecule has 0 aromatic heterocycles. The first-order chi connectivity index (χ1) is 11.3. The van der Waals surface area contributed by atoms with E-state index in [0.29, 0.717) is 17.7 Å². The molecule has 0 unspecified atom stereocenters. The fourth-order valence-electron chi connectivity index (χ4n) is 5.38. The topological polar surface area (TPSA) is 20.3 Å². The third kappa shape index (κ3) is 2.09. The minimum atomic E-state index is -0.314. The summed E-state index contributed by atoms with van der Waals surface area (Å²) in [6.45, 7) is 10.4. The molecule has 3 aliphatic rings. The van der Waals surface area contributed by atoms with Gasteiger partial charge in [0.25, 0.3) is 0 Å². The van der Waals surface area contributed by atoms with Crippen LogP contribution in [0.4, 0.5) is 4.39 Å². The number of fused-ring (bicyclic) bond motifs is 2. The summed E-state index contributed by atoms with van der Waals surface area (Å²) in [5, 5.41) is 0. The molecule has 2 aliphatic carbocycles. The van der Waals surface area contributed by atoms with E-state index in [0.717, 1.165) is 49.9 Å². The zero-order chi connectivity index (χ0) is 17.1. The molecule has 24 heavy (non-hydrogen) atoms. The van der Waals surface area contributed by atoms with E-state index in [4.69, 9.17) is 0 Å². The van der Waals surface area contributed by atoms with Crippen LogP contribution < -0.4 is 0 Å². The van der Waals surface area contributed by atoms with Crippen LogP contribution in [0.25, 0.3) is 0 Å². The highest BCUT2D eigenvalue weighted by molar-refractivity contribution is 5.88. The van der Waals surface area contributed by atoms with Gasteiger partial charge in [-0.15, -0.1) is 0 Å². The molecule has 2 bridgehead atoms. The Morgan fingerprint density at radius 1 is 1.25 bits per heavy atom. The molecule has 128 valence electrons. The first-order valence-electron chi connectivity index (χ1n) is 9.09. The second kappa shape index (κ2) is 5.18. The number of carbonyl (C=O) groups is 1. The maximum absolute atomic E-state index is 13.4. The molecule has 0 radical (unpaired) electrons. The lowest BCUT2D eigenvalue weighted by Gasteiger charge is -2.39. The molecule has 1 heterocycles. The molecule has 1 aliphatic heterocycles. The van der Waals surface area contributed by atoms with Crippen molar-refractivity contribution in [2.45, 2.75) is 45.4 Å².